The number of likely N-dealkylation sites (N-methyl/N-ethyl adjacent to an activating group) is 1. The normalized spacial score (nSPS) is 19.5. The first-order valence-electron chi connectivity index (χ1n) is 13.8. The molecule has 6 rings (SSSR count). The second kappa shape index (κ2) is 9.10. The van der Waals surface area contributed by atoms with Gasteiger partial charge >= 0.3 is 5.97 Å². The zero-order chi connectivity index (χ0) is 24.9. The van der Waals surface area contributed by atoms with Gasteiger partial charge in [0.25, 0.3) is 5.91 Å². The van der Waals surface area contributed by atoms with Gasteiger partial charge in [-0.25, -0.2) is 4.79 Å². The van der Waals surface area contributed by atoms with Gasteiger partial charge in [0.05, 0.1) is 5.69 Å². The number of aromatic nitrogens is 1. The van der Waals surface area contributed by atoms with E-state index in [0.717, 1.165) is 37.7 Å². The Balaban J connectivity index is 1.51. The SMILES string of the molecule is CN(C(=O)c1ccc2c(C3CCCCC3)c3n(c2c1)CCCc1ccccc1-3)C1(C(=O)O)CCCC1. The molecule has 2 aromatic carbocycles. The Hall–Kier alpha value is -3.08. The monoisotopic (exact) mass is 484 g/mol. The summed E-state index contributed by atoms with van der Waals surface area (Å²) < 4.78 is 2.46. The van der Waals surface area contributed by atoms with Crippen LogP contribution >= 0.6 is 0 Å². The molecule has 5 heteroatoms. The third-order valence-corrected chi connectivity index (χ3v) is 9.24. The largest absolute Gasteiger partial charge is 0.479 e. The van der Waals surface area contributed by atoms with Crippen molar-refractivity contribution in [2.75, 3.05) is 7.05 Å². The van der Waals surface area contributed by atoms with Crippen molar-refractivity contribution in [3.05, 3.63) is 59.2 Å². The van der Waals surface area contributed by atoms with Gasteiger partial charge in [0.1, 0.15) is 5.54 Å². The lowest BCUT2D eigenvalue weighted by atomic mass is 9.81. The van der Waals surface area contributed by atoms with E-state index in [2.05, 4.69) is 34.9 Å². The highest BCUT2D eigenvalue weighted by molar-refractivity contribution is 6.02. The van der Waals surface area contributed by atoms with Crippen LogP contribution in [0.5, 0.6) is 0 Å². The van der Waals surface area contributed by atoms with E-state index in [-0.39, 0.29) is 5.91 Å². The Kier molecular flexibility index (Phi) is 5.89. The molecule has 5 nitrogen and oxygen atoms in total. The van der Waals surface area contributed by atoms with E-state index < -0.39 is 11.5 Å². The fourth-order valence-electron chi connectivity index (χ4n) is 7.27. The first kappa shape index (κ1) is 23.3. The van der Waals surface area contributed by atoms with Crippen molar-refractivity contribution in [2.24, 2.45) is 0 Å². The van der Waals surface area contributed by atoms with Crippen LogP contribution in [0.4, 0.5) is 0 Å². The van der Waals surface area contributed by atoms with Gasteiger partial charge in [-0.2, -0.15) is 0 Å². The Bertz CT molecular complexity index is 1330. The summed E-state index contributed by atoms with van der Waals surface area (Å²) in [7, 11) is 1.67. The summed E-state index contributed by atoms with van der Waals surface area (Å²) in [6.07, 6.45) is 11.2. The van der Waals surface area contributed by atoms with Crippen molar-refractivity contribution in [3.8, 4) is 11.3 Å². The van der Waals surface area contributed by atoms with Crippen molar-refractivity contribution >= 4 is 22.8 Å². The van der Waals surface area contributed by atoms with Crippen LogP contribution in [0.2, 0.25) is 0 Å². The number of benzene rings is 2. The van der Waals surface area contributed by atoms with Crippen LogP contribution in [-0.2, 0) is 17.8 Å². The molecule has 1 aliphatic heterocycles. The maximum absolute atomic E-state index is 13.7. The molecule has 0 atom stereocenters. The van der Waals surface area contributed by atoms with Gasteiger partial charge in [-0.3, -0.25) is 4.79 Å². The highest BCUT2D eigenvalue weighted by Gasteiger charge is 2.47. The molecule has 2 heterocycles. The highest BCUT2D eigenvalue weighted by atomic mass is 16.4. The summed E-state index contributed by atoms with van der Waals surface area (Å²) in [6.45, 7) is 0.930. The van der Waals surface area contributed by atoms with Crippen molar-refractivity contribution < 1.29 is 14.7 Å². The zero-order valence-corrected chi connectivity index (χ0v) is 21.3. The van der Waals surface area contributed by atoms with Gasteiger partial charge in [0.2, 0.25) is 0 Å². The number of fused-ring (bicyclic) bond motifs is 5. The summed E-state index contributed by atoms with van der Waals surface area (Å²) in [5.41, 5.74) is 6.19. The maximum atomic E-state index is 13.7. The van der Waals surface area contributed by atoms with Crippen LogP contribution < -0.4 is 0 Å². The molecule has 0 radical (unpaired) electrons. The minimum absolute atomic E-state index is 0.190. The van der Waals surface area contributed by atoms with E-state index in [1.165, 1.54) is 64.8 Å². The number of nitrogens with zero attached hydrogens (tertiary/aromatic N) is 2. The van der Waals surface area contributed by atoms with Gasteiger partial charge in [-0.05, 0) is 67.7 Å². The highest BCUT2D eigenvalue weighted by Crippen LogP contribution is 2.46. The number of aliphatic carboxylic acids is 1. The summed E-state index contributed by atoms with van der Waals surface area (Å²) in [6, 6.07) is 15.0. The van der Waals surface area contributed by atoms with E-state index in [4.69, 9.17) is 0 Å². The lowest BCUT2D eigenvalue weighted by molar-refractivity contribution is -0.148. The molecule has 2 aliphatic carbocycles. The van der Waals surface area contributed by atoms with Crippen LogP contribution in [0.3, 0.4) is 0 Å². The maximum Gasteiger partial charge on any atom is 0.329 e. The van der Waals surface area contributed by atoms with E-state index in [1.807, 2.05) is 12.1 Å². The molecule has 0 spiro atoms. The van der Waals surface area contributed by atoms with Crippen molar-refractivity contribution in [1.29, 1.82) is 0 Å². The number of carbonyl (C=O) groups excluding carboxylic acids is 1. The number of hydrogen-bond acceptors (Lipinski definition) is 2. The molecule has 3 aromatic rings. The van der Waals surface area contributed by atoms with Crippen molar-refractivity contribution in [2.45, 2.75) is 88.6 Å². The number of rotatable bonds is 4. The summed E-state index contributed by atoms with van der Waals surface area (Å²) in [5.74, 6) is -0.531. The number of amides is 1. The molecule has 0 unspecified atom stereocenters. The Labute approximate surface area is 213 Å². The summed E-state index contributed by atoms with van der Waals surface area (Å²) in [4.78, 5) is 27.4. The second-order valence-corrected chi connectivity index (χ2v) is 11.1. The third kappa shape index (κ3) is 3.58. The Morgan fingerprint density at radius 1 is 0.972 bits per heavy atom. The van der Waals surface area contributed by atoms with Gasteiger partial charge in [-0.1, -0.05) is 62.4 Å². The minimum atomic E-state index is -1.09. The number of carbonyl (C=O) groups is 2. The van der Waals surface area contributed by atoms with E-state index >= 15 is 0 Å². The van der Waals surface area contributed by atoms with Crippen molar-refractivity contribution in [3.63, 3.8) is 0 Å². The van der Waals surface area contributed by atoms with Gasteiger partial charge in [0.15, 0.2) is 0 Å². The molecular formula is C31H36N2O3. The molecule has 1 aromatic heterocycles. The molecule has 188 valence electrons. The predicted molar refractivity (Wildman–Crippen MR) is 142 cm³/mol. The molecule has 3 aliphatic rings. The molecule has 2 saturated carbocycles. The smallest absolute Gasteiger partial charge is 0.329 e. The molecule has 1 N–H and O–H groups in total. The first-order chi connectivity index (χ1) is 17.5. The average Bonchev–Trinajstić information content (AvgIpc) is 3.48. The van der Waals surface area contributed by atoms with Gasteiger partial charge in [0, 0.05) is 35.6 Å². The topological polar surface area (TPSA) is 62.5 Å². The number of carboxylic acid groups (broad SMARTS) is 1. The summed E-state index contributed by atoms with van der Waals surface area (Å²) in [5, 5.41) is 11.3. The van der Waals surface area contributed by atoms with E-state index in [9.17, 15) is 14.7 Å². The molecule has 2 fully saturated rings. The van der Waals surface area contributed by atoms with Crippen LogP contribution in [0.1, 0.15) is 91.6 Å². The van der Waals surface area contributed by atoms with E-state index in [0.29, 0.717) is 24.3 Å². The Morgan fingerprint density at radius 3 is 2.47 bits per heavy atom. The van der Waals surface area contributed by atoms with Crippen molar-refractivity contribution in [1.82, 2.24) is 9.47 Å². The standard InChI is InChI=1S/C31H36N2O3/c1-32(31(30(35)36)17-7-8-18-31)29(34)23-15-16-25-26(20-23)33-19-9-13-21-10-5-6-14-24(21)28(33)27(25)22-11-3-2-4-12-22/h5-6,10,14-16,20,22H,2-4,7-9,11-13,17-19H2,1H3,(H,35,36). The van der Waals surface area contributed by atoms with Crippen LogP contribution in [-0.4, -0.2) is 39.0 Å². The van der Waals surface area contributed by atoms with Gasteiger partial charge in [-0.15, -0.1) is 0 Å². The van der Waals surface area contributed by atoms with Crippen LogP contribution in [0.25, 0.3) is 22.2 Å². The minimum Gasteiger partial charge on any atom is -0.479 e. The predicted octanol–water partition coefficient (Wildman–Crippen LogP) is 6.77. The second-order valence-electron chi connectivity index (χ2n) is 11.1. The van der Waals surface area contributed by atoms with Crippen LogP contribution in [0.15, 0.2) is 42.5 Å². The molecule has 0 saturated heterocycles. The lowest BCUT2D eigenvalue weighted by Gasteiger charge is -2.35. The molecule has 1 amide bonds. The third-order valence-electron chi connectivity index (χ3n) is 9.24. The fraction of sp³-hybridized carbons (Fsp3) is 0.484. The number of hydrogen-bond donors (Lipinski definition) is 1. The first-order valence-corrected chi connectivity index (χ1v) is 13.8. The number of aryl methyl sites for hydroxylation is 2. The number of carboxylic acids is 1. The summed E-state index contributed by atoms with van der Waals surface area (Å²) >= 11 is 0. The van der Waals surface area contributed by atoms with E-state index in [1.54, 1.807) is 7.05 Å². The Morgan fingerprint density at radius 2 is 1.72 bits per heavy atom. The van der Waals surface area contributed by atoms with Gasteiger partial charge < -0.3 is 14.6 Å². The fourth-order valence-corrected chi connectivity index (χ4v) is 7.27. The molecule has 36 heavy (non-hydrogen) atoms. The quantitative estimate of drug-likeness (QED) is 0.444. The molecule has 0 bridgehead atoms. The van der Waals surface area contributed by atoms with Crippen LogP contribution in [0, 0.1) is 0 Å². The molecular weight excluding hydrogens is 448 g/mol. The lowest BCUT2D eigenvalue weighted by Crippen LogP contribution is -2.53. The average molecular weight is 485 g/mol. The zero-order valence-electron chi connectivity index (χ0n) is 21.3.